The Hall–Kier alpha value is -2.51. The fourth-order valence-corrected chi connectivity index (χ4v) is 1.36. The summed E-state index contributed by atoms with van der Waals surface area (Å²) in [5, 5.41) is 9.30. The summed E-state index contributed by atoms with van der Waals surface area (Å²) < 4.78 is 26.1. The van der Waals surface area contributed by atoms with Crippen molar-refractivity contribution in [2.45, 2.75) is 0 Å². The van der Waals surface area contributed by atoms with Crippen LogP contribution < -0.4 is 11.5 Å². The second-order valence-electron chi connectivity index (χ2n) is 3.21. The van der Waals surface area contributed by atoms with Crippen molar-refractivity contribution >= 4 is 11.6 Å². The van der Waals surface area contributed by atoms with E-state index >= 15 is 0 Å². The molecule has 0 radical (unpaired) electrons. The number of benzene rings is 1. The van der Waals surface area contributed by atoms with Crippen LogP contribution in [0, 0.1) is 11.6 Å². The van der Waals surface area contributed by atoms with Gasteiger partial charge in [0, 0.05) is 5.56 Å². The molecule has 0 saturated carbocycles. The lowest BCUT2D eigenvalue weighted by molar-refractivity contribution is 0.0996. The summed E-state index contributed by atoms with van der Waals surface area (Å²) in [6, 6.07) is 2.07. The molecular formula is C9H7F2N5O. The quantitative estimate of drug-likeness (QED) is 0.660. The number of hydrogen-bond acceptors (Lipinski definition) is 4. The normalized spacial score (nSPS) is 10.5. The largest absolute Gasteiger partial charge is 0.396 e. The third kappa shape index (κ3) is 1.69. The summed E-state index contributed by atoms with van der Waals surface area (Å²) in [7, 11) is 0. The van der Waals surface area contributed by atoms with Gasteiger partial charge in [0.2, 0.25) is 0 Å². The number of carbonyl (C=O) groups is 1. The van der Waals surface area contributed by atoms with Crippen LogP contribution in [0.25, 0.3) is 11.3 Å². The van der Waals surface area contributed by atoms with E-state index in [1.165, 1.54) is 6.07 Å². The molecule has 6 nitrogen and oxygen atoms in total. The van der Waals surface area contributed by atoms with Crippen molar-refractivity contribution in [2.75, 3.05) is 5.73 Å². The maximum atomic E-state index is 13.2. The van der Waals surface area contributed by atoms with Gasteiger partial charge in [-0.25, -0.2) is 8.78 Å². The molecule has 1 heterocycles. The summed E-state index contributed by atoms with van der Waals surface area (Å²) in [5.41, 5.74) is 9.82. The number of amides is 1. The highest BCUT2D eigenvalue weighted by Crippen LogP contribution is 2.29. The molecule has 0 bridgehead atoms. The first-order valence-corrected chi connectivity index (χ1v) is 4.46. The number of hydrogen-bond donors (Lipinski definition) is 3. The van der Waals surface area contributed by atoms with Gasteiger partial charge in [0.1, 0.15) is 5.69 Å². The Morgan fingerprint density at radius 2 is 2.00 bits per heavy atom. The van der Waals surface area contributed by atoms with Gasteiger partial charge in [0.05, 0.1) is 5.69 Å². The van der Waals surface area contributed by atoms with Crippen molar-refractivity contribution in [1.29, 1.82) is 0 Å². The van der Waals surface area contributed by atoms with E-state index in [2.05, 4.69) is 15.4 Å². The van der Waals surface area contributed by atoms with Crippen LogP contribution in [0.5, 0.6) is 0 Å². The fourth-order valence-electron chi connectivity index (χ4n) is 1.36. The van der Waals surface area contributed by atoms with Crippen LogP contribution in [-0.2, 0) is 0 Å². The van der Waals surface area contributed by atoms with E-state index in [0.29, 0.717) is 0 Å². The third-order valence-corrected chi connectivity index (χ3v) is 2.17. The first-order valence-electron chi connectivity index (χ1n) is 4.46. The minimum Gasteiger partial charge on any atom is -0.396 e. The van der Waals surface area contributed by atoms with Crippen LogP contribution in [-0.4, -0.2) is 21.3 Å². The predicted molar refractivity (Wildman–Crippen MR) is 54.7 cm³/mol. The van der Waals surface area contributed by atoms with Gasteiger partial charge in [0.15, 0.2) is 17.3 Å². The second-order valence-corrected chi connectivity index (χ2v) is 3.21. The van der Waals surface area contributed by atoms with Crippen LogP contribution in [0.1, 0.15) is 10.5 Å². The van der Waals surface area contributed by atoms with E-state index < -0.39 is 23.2 Å². The molecule has 1 amide bonds. The number of rotatable bonds is 2. The maximum Gasteiger partial charge on any atom is 0.271 e. The minimum absolute atomic E-state index is 0.0195. The number of primary amides is 1. The lowest BCUT2D eigenvalue weighted by atomic mass is 10.1. The number of nitrogen functional groups attached to an aromatic ring is 1. The Balaban J connectivity index is 2.65. The van der Waals surface area contributed by atoms with E-state index in [0.717, 1.165) is 6.07 Å². The fraction of sp³-hybridized carbons (Fsp3) is 0. The smallest absolute Gasteiger partial charge is 0.271 e. The summed E-state index contributed by atoms with van der Waals surface area (Å²) in [6.07, 6.45) is 0. The summed E-state index contributed by atoms with van der Waals surface area (Å²) in [4.78, 5) is 11.0. The summed E-state index contributed by atoms with van der Waals surface area (Å²) in [6.45, 7) is 0. The highest BCUT2D eigenvalue weighted by atomic mass is 19.2. The van der Waals surface area contributed by atoms with Gasteiger partial charge in [-0.1, -0.05) is 0 Å². The molecule has 0 unspecified atom stereocenters. The van der Waals surface area contributed by atoms with E-state index in [-0.39, 0.29) is 17.0 Å². The van der Waals surface area contributed by atoms with Crippen molar-refractivity contribution in [3.63, 3.8) is 0 Å². The lowest BCUT2D eigenvalue weighted by Crippen LogP contribution is -2.13. The van der Waals surface area contributed by atoms with Crippen LogP contribution in [0.4, 0.5) is 14.5 Å². The first kappa shape index (κ1) is 11.0. The zero-order valence-corrected chi connectivity index (χ0v) is 8.37. The highest BCUT2D eigenvalue weighted by molar-refractivity contribution is 5.98. The van der Waals surface area contributed by atoms with E-state index in [4.69, 9.17) is 11.5 Å². The zero-order chi connectivity index (χ0) is 12.6. The molecule has 0 aliphatic carbocycles. The number of anilines is 1. The molecule has 0 aliphatic rings. The van der Waals surface area contributed by atoms with Gasteiger partial charge in [-0.15, -0.1) is 0 Å². The molecule has 0 spiro atoms. The molecule has 0 atom stereocenters. The molecule has 5 N–H and O–H groups in total. The summed E-state index contributed by atoms with van der Waals surface area (Å²) in [5.74, 6) is -3.14. The van der Waals surface area contributed by atoms with E-state index in [1.54, 1.807) is 0 Å². The van der Waals surface area contributed by atoms with Crippen LogP contribution in [0.2, 0.25) is 0 Å². The van der Waals surface area contributed by atoms with E-state index in [9.17, 15) is 13.6 Å². The van der Waals surface area contributed by atoms with Crippen molar-refractivity contribution in [3.05, 3.63) is 29.5 Å². The Morgan fingerprint density at radius 1 is 1.29 bits per heavy atom. The first-order chi connectivity index (χ1) is 8.02. The molecule has 0 fully saturated rings. The van der Waals surface area contributed by atoms with Crippen molar-refractivity contribution in [2.24, 2.45) is 5.73 Å². The number of aromatic amines is 1. The third-order valence-electron chi connectivity index (χ3n) is 2.17. The van der Waals surface area contributed by atoms with Gasteiger partial charge >= 0.3 is 0 Å². The van der Waals surface area contributed by atoms with Gasteiger partial charge in [-0.2, -0.15) is 15.4 Å². The number of nitrogens with zero attached hydrogens (tertiary/aromatic N) is 2. The monoisotopic (exact) mass is 239 g/mol. The van der Waals surface area contributed by atoms with Gasteiger partial charge in [0.25, 0.3) is 5.91 Å². The van der Waals surface area contributed by atoms with Crippen LogP contribution >= 0.6 is 0 Å². The van der Waals surface area contributed by atoms with Crippen LogP contribution in [0.15, 0.2) is 12.1 Å². The molecule has 88 valence electrons. The molecule has 0 saturated heterocycles. The number of halogens is 2. The number of nitrogens with two attached hydrogens (primary N) is 2. The Labute approximate surface area is 93.6 Å². The Kier molecular flexibility index (Phi) is 2.47. The molecule has 2 aromatic rings. The molecule has 2 rings (SSSR count). The number of H-pyrrole nitrogens is 1. The average Bonchev–Trinajstić information content (AvgIpc) is 2.75. The lowest BCUT2D eigenvalue weighted by Gasteiger charge is -2.04. The zero-order valence-electron chi connectivity index (χ0n) is 8.37. The molecule has 17 heavy (non-hydrogen) atoms. The van der Waals surface area contributed by atoms with Crippen LogP contribution in [0.3, 0.4) is 0 Å². The Bertz CT molecular complexity index is 595. The molecule has 8 heteroatoms. The second kappa shape index (κ2) is 3.81. The number of aromatic nitrogens is 3. The molecule has 0 aliphatic heterocycles. The van der Waals surface area contributed by atoms with Gasteiger partial charge in [-0.05, 0) is 12.1 Å². The van der Waals surface area contributed by atoms with Gasteiger partial charge < -0.3 is 11.5 Å². The maximum absolute atomic E-state index is 13.2. The van der Waals surface area contributed by atoms with Gasteiger partial charge in [-0.3, -0.25) is 4.79 Å². The number of carbonyl (C=O) groups excluding carboxylic acids is 1. The minimum atomic E-state index is -1.21. The van der Waals surface area contributed by atoms with Crippen molar-refractivity contribution in [1.82, 2.24) is 15.4 Å². The molecule has 1 aromatic carbocycles. The average molecular weight is 239 g/mol. The summed E-state index contributed by atoms with van der Waals surface area (Å²) >= 11 is 0. The SMILES string of the molecule is NC(=O)c1n[nH]nc1-c1ccc(F)c(F)c1N. The van der Waals surface area contributed by atoms with Crippen molar-refractivity contribution in [3.8, 4) is 11.3 Å². The molecule has 1 aromatic heterocycles. The highest BCUT2D eigenvalue weighted by Gasteiger charge is 2.20. The predicted octanol–water partition coefficient (Wildman–Crippen LogP) is 0.431. The Morgan fingerprint density at radius 3 is 2.65 bits per heavy atom. The number of nitrogens with one attached hydrogen (secondary N) is 1. The van der Waals surface area contributed by atoms with Crippen molar-refractivity contribution < 1.29 is 13.6 Å². The molecular weight excluding hydrogens is 232 g/mol. The topological polar surface area (TPSA) is 111 Å². The van der Waals surface area contributed by atoms with E-state index in [1.807, 2.05) is 0 Å². The standard InChI is InChI=1S/C9H7F2N5O/c10-4-2-1-3(6(12)5(4)11)7-8(9(13)17)15-16-14-7/h1-2H,12H2,(H2,13,17)(H,14,15,16).